The first-order valence-corrected chi connectivity index (χ1v) is 7.09. The van der Waals surface area contributed by atoms with Crippen molar-refractivity contribution in [3.8, 4) is 11.1 Å². The van der Waals surface area contributed by atoms with Crippen molar-refractivity contribution in [1.82, 2.24) is 4.98 Å². The Morgan fingerprint density at radius 1 is 1.00 bits per heavy atom. The summed E-state index contributed by atoms with van der Waals surface area (Å²) >= 11 is 0. The zero-order chi connectivity index (χ0) is 14.3. The van der Waals surface area contributed by atoms with Crippen molar-refractivity contribution in [3.05, 3.63) is 59.8 Å². The van der Waals surface area contributed by atoms with Crippen molar-refractivity contribution < 1.29 is 42.2 Å². The fraction of sp³-hybridized carbons (Fsp3) is 0.263. The average Bonchev–Trinajstić information content (AvgIpc) is 2.80. The Balaban J connectivity index is 0.00000161. The van der Waals surface area contributed by atoms with Crippen LogP contribution in [0.1, 0.15) is 31.9 Å². The number of para-hydroxylation sites is 1. The topological polar surface area (TPSA) is 12.9 Å². The molecular formula is C19H20Cl2CrN. The fourth-order valence-corrected chi connectivity index (χ4v) is 2.67. The van der Waals surface area contributed by atoms with Crippen LogP contribution in [0.5, 0.6) is 0 Å². The molecule has 2 aromatic carbocycles. The van der Waals surface area contributed by atoms with Gasteiger partial charge in [0.2, 0.25) is 0 Å². The van der Waals surface area contributed by atoms with E-state index in [2.05, 4.69) is 69.1 Å². The summed E-state index contributed by atoms with van der Waals surface area (Å²) in [7, 11) is 0. The minimum absolute atomic E-state index is 0. The van der Waals surface area contributed by atoms with Crippen LogP contribution in [0.2, 0.25) is 0 Å². The summed E-state index contributed by atoms with van der Waals surface area (Å²) in [6.45, 7) is 8.96. The zero-order valence-corrected chi connectivity index (χ0v) is 16.5. The summed E-state index contributed by atoms with van der Waals surface area (Å²) in [5, 5.41) is 1.20. The van der Waals surface area contributed by atoms with Gasteiger partial charge in [-0.2, -0.15) is 0 Å². The molecular weight excluding hydrogens is 365 g/mol. The molecule has 0 aliphatic carbocycles. The van der Waals surface area contributed by atoms with Crippen LogP contribution in [0.3, 0.4) is 0 Å². The Morgan fingerprint density at radius 2 is 1.65 bits per heavy atom. The number of aromatic nitrogens is 1. The average molecular weight is 385 g/mol. The number of hydrogen-bond acceptors (Lipinski definition) is 1. The van der Waals surface area contributed by atoms with Crippen molar-refractivity contribution in [2.24, 2.45) is 0 Å². The molecule has 0 bridgehead atoms. The number of fused-ring (bicyclic) bond motifs is 1. The minimum Gasteiger partial charge on any atom is -1.00 e. The van der Waals surface area contributed by atoms with E-state index in [1.165, 1.54) is 27.6 Å². The van der Waals surface area contributed by atoms with E-state index in [1.807, 2.05) is 12.3 Å². The Morgan fingerprint density at radius 3 is 2.26 bits per heavy atom. The van der Waals surface area contributed by atoms with E-state index in [1.54, 1.807) is 0 Å². The second-order valence-corrected chi connectivity index (χ2v) is 6.47. The van der Waals surface area contributed by atoms with E-state index >= 15 is 0 Å². The standard InChI is InChI=1S/C19H20N.2ClH.Cr/c1-13-11-15(19(2,3)4)12-17(13)16-9-5-7-14-8-6-10-20-18(14)16;;;/h5-12H,1-4H3;2*1H;/q-1;;;+3/p-2. The van der Waals surface area contributed by atoms with Gasteiger partial charge in [-0.3, -0.25) is 4.98 Å². The third-order valence-corrected chi connectivity index (χ3v) is 3.89. The normalized spacial score (nSPS) is 10.4. The molecule has 0 unspecified atom stereocenters. The summed E-state index contributed by atoms with van der Waals surface area (Å²) in [6.07, 6.45) is 1.87. The second kappa shape index (κ2) is 8.27. The summed E-state index contributed by atoms with van der Waals surface area (Å²) in [5.41, 5.74) is 6.52. The van der Waals surface area contributed by atoms with E-state index in [4.69, 9.17) is 0 Å². The van der Waals surface area contributed by atoms with Crippen molar-refractivity contribution >= 4 is 10.9 Å². The molecule has 0 saturated carbocycles. The molecule has 1 radical (unpaired) electrons. The molecule has 0 fully saturated rings. The van der Waals surface area contributed by atoms with Crippen LogP contribution in [0, 0.1) is 6.92 Å². The van der Waals surface area contributed by atoms with Crippen LogP contribution in [0.25, 0.3) is 22.0 Å². The summed E-state index contributed by atoms with van der Waals surface area (Å²) in [5.74, 6) is 0. The predicted octanol–water partition coefficient (Wildman–Crippen LogP) is -0.768. The molecule has 121 valence electrons. The molecule has 23 heavy (non-hydrogen) atoms. The SMILES string of the molecule is Cc1cc(C(C)(C)C)c[c-]1-c1cccc2cccnc12.[Cl-].[Cl-].[Cr+3]. The molecule has 1 heterocycles. The van der Waals surface area contributed by atoms with Crippen molar-refractivity contribution in [3.63, 3.8) is 0 Å². The van der Waals surface area contributed by atoms with E-state index in [0.29, 0.717) is 0 Å². The van der Waals surface area contributed by atoms with Gasteiger partial charge in [-0.15, -0.1) is 29.3 Å². The van der Waals surface area contributed by atoms with Gasteiger partial charge in [0.15, 0.2) is 0 Å². The molecule has 0 spiro atoms. The minimum atomic E-state index is 0. The predicted molar refractivity (Wildman–Crippen MR) is 86.2 cm³/mol. The number of halogens is 2. The van der Waals surface area contributed by atoms with Gasteiger partial charge < -0.3 is 24.8 Å². The Hall–Kier alpha value is -0.908. The van der Waals surface area contributed by atoms with Gasteiger partial charge in [0.05, 0.1) is 0 Å². The number of rotatable bonds is 1. The van der Waals surface area contributed by atoms with Gasteiger partial charge in [-0.25, -0.2) is 0 Å². The molecule has 3 rings (SSSR count). The van der Waals surface area contributed by atoms with E-state index in [-0.39, 0.29) is 47.6 Å². The summed E-state index contributed by atoms with van der Waals surface area (Å²) < 4.78 is 0. The first-order valence-electron chi connectivity index (χ1n) is 7.09. The molecule has 3 aromatic rings. The quantitative estimate of drug-likeness (QED) is 0.502. The van der Waals surface area contributed by atoms with Gasteiger partial charge >= 0.3 is 17.4 Å². The number of benzene rings is 1. The number of pyridine rings is 1. The van der Waals surface area contributed by atoms with Crippen LogP contribution < -0.4 is 24.8 Å². The summed E-state index contributed by atoms with van der Waals surface area (Å²) in [4.78, 5) is 4.57. The number of aryl methyl sites for hydroxylation is 1. The van der Waals surface area contributed by atoms with Gasteiger partial charge in [0, 0.05) is 11.7 Å². The van der Waals surface area contributed by atoms with Gasteiger partial charge in [0.25, 0.3) is 0 Å². The molecule has 0 aliphatic rings. The molecule has 0 N–H and O–H groups in total. The van der Waals surface area contributed by atoms with E-state index in [9.17, 15) is 0 Å². The maximum absolute atomic E-state index is 4.57. The molecule has 4 heteroatoms. The van der Waals surface area contributed by atoms with Gasteiger partial charge in [0.1, 0.15) is 0 Å². The van der Waals surface area contributed by atoms with Crippen molar-refractivity contribution in [2.75, 3.05) is 0 Å². The maximum atomic E-state index is 4.57. The Bertz CT molecular complexity index is 767. The molecule has 0 amide bonds. The monoisotopic (exact) mass is 384 g/mol. The van der Waals surface area contributed by atoms with Crippen LogP contribution in [0.4, 0.5) is 0 Å². The zero-order valence-electron chi connectivity index (χ0n) is 13.7. The van der Waals surface area contributed by atoms with E-state index < -0.39 is 0 Å². The number of hydrogen-bond donors (Lipinski definition) is 0. The smallest absolute Gasteiger partial charge is 1.00 e. The van der Waals surface area contributed by atoms with Crippen molar-refractivity contribution in [1.29, 1.82) is 0 Å². The second-order valence-electron chi connectivity index (χ2n) is 6.47. The van der Waals surface area contributed by atoms with Crippen LogP contribution in [-0.2, 0) is 22.8 Å². The third-order valence-electron chi connectivity index (χ3n) is 3.89. The maximum Gasteiger partial charge on any atom is 3.00 e. The first kappa shape index (κ1) is 22.1. The largest absolute Gasteiger partial charge is 3.00 e. The fourth-order valence-electron chi connectivity index (χ4n) is 2.67. The molecule has 0 aliphatic heterocycles. The number of nitrogens with zero attached hydrogens (tertiary/aromatic N) is 1. The van der Waals surface area contributed by atoms with Gasteiger partial charge in [-0.1, -0.05) is 57.0 Å². The van der Waals surface area contributed by atoms with E-state index in [0.717, 1.165) is 5.52 Å². The molecule has 1 nitrogen and oxygen atoms in total. The van der Waals surface area contributed by atoms with Crippen LogP contribution >= 0.6 is 0 Å². The molecule has 0 saturated heterocycles. The molecule has 1 aromatic heterocycles. The summed E-state index contributed by atoms with van der Waals surface area (Å²) in [6, 6.07) is 15.1. The Kier molecular flexibility index (Phi) is 7.94. The third kappa shape index (κ3) is 4.34. The first-order chi connectivity index (χ1) is 9.47. The van der Waals surface area contributed by atoms with Gasteiger partial charge in [-0.05, 0) is 16.9 Å². The van der Waals surface area contributed by atoms with Crippen LogP contribution in [0.15, 0.2) is 48.7 Å². The Labute approximate surface area is 161 Å². The van der Waals surface area contributed by atoms with Crippen molar-refractivity contribution in [2.45, 2.75) is 33.1 Å². The van der Waals surface area contributed by atoms with Crippen LogP contribution in [-0.4, -0.2) is 4.98 Å². The molecule has 0 atom stereocenters.